The second-order valence-electron chi connectivity index (χ2n) is 4.75. The summed E-state index contributed by atoms with van der Waals surface area (Å²) >= 11 is 7.25. The third-order valence-corrected chi connectivity index (χ3v) is 3.97. The van der Waals surface area contributed by atoms with Gasteiger partial charge in [0.1, 0.15) is 0 Å². The molecule has 0 bridgehead atoms. The van der Waals surface area contributed by atoms with Gasteiger partial charge < -0.3 is 5.32 Å². The standard InChI is InChI=1S/C14H14ClN3S/c1-14(2,9-16)10-4-3-5-11(6-10)17-7-12-8-18-13(15)19-12/h3-6,8,17H,7H2,1-2H3. The van der Waals surface area contributed by atoms with Gasteiger partial charge in [-0.15, -0.1) is 11.3 Å². The van der Waals surface area contributed by atoms with Gasteiger partial charge in [0, 0.05) is 16.8 Å². The van der Waals surface area contributed by atoms with Gasteiger partial charge in [-0.25, -0.2) is 4.98 Å². The Morgan fingerprint density at radius 1 is 1.47 bits per heavy atom. The molecule has 0 saturated heterocycles. The van der Waals surface area contributed by atoms with Crippen molar-refractivity contribution in [2.24, 2.45) is 0 Å². The highest BCUT2D eigenvalue weighted by Crippen LogP contribution is 2.25. The molecule has 0 aliphatic carbocycles. The van der Waals surface area contributed by atoms with Crippen molar-refractivity contribution in [1.82, 2.24) is 4.98 Å². The average molecular weight is 292 g/mol. The number of anilines is 1. The summed E-state index contributed by atoms with van der Waals surface area (Å²) in [6, 6.07) is 10.2. The minimum absolute atomic E-state index is 0.481. The van der Waals surface area contributed by atoms with Crippen LogP contribution in [0.1, 0.15) is 24.3 Å². The lowest BCUT2D eigenvalue weighted by atomic mass is 9.86. The average Bonchev–Trinajstić information content (AvgIpc) is 2.82. The van der Waals surface area contributed by atoms with E-state index < -0.39 is 5.41 Å². The van der Waals surface area contributed by atoms with E-state index in [0.717, 1.165) is 16.1 Å². The van der Waals surface area contributed by atoms with Crippen molar-refractivity contribution in [3.63, 3.8) is 0 Å². The van der Waals surface area contributed by atoms with E-state index in [2.05, 4.69) is 16.4 Å². The van der Waals surface area contributed by atoms with E-state index in [4.69, 9.17) is 16.9 Å². The van der Waals surface area contributed by atoms with Crippen molar-refractivity contribution in [3.8, 4) is 6.07 Å². The minimum atomic E-state index is -0.481. The maximum absolute atomic E-state index is 9.16. The fraction of sp³-hybridized carbons (Fsp3) is 0.286. The van der Waals surface area contributed by atoms with Gasteiger partial charge in [-0.2, -0.15) is 5.26 Å². The van der Waals surface area contributed by atoms with Crippen LogP contribution in [0.5, 0.6) is 0 Å². The third kappa shape index (κ3) is 3.46. The first kappa shape index (κ1) is 13.9. The molecule has 2 aromatic rings. The highest BCUT2D eigenvalue weighted by Gasteiger charge is 2.19. The molecule has 0 unspecified atom stereocenters. The largest absolute Gasteiger partial charge is 0.380 e. The minimum Gasteiger partial charge on any atom is -0.380 e. The maximum atomic E-state index is 9.16. The zero-order chi connectivity index (χ0) is 13.9. The Bertz CT molecular complexity index is 613. The van der Waals surface area contributed by atoms with E-state index in [9.17, 15) is 0 Å². The molecule has 0 atom stereocenters. The third-order valence-electron chi connectivity index (χ3n) is 2.86. The predicted molar refractivity (Wildman–Crippen MR) is 79.5 cm³/mol. The topological polar surface area (TPSA) is 48.7 Å². The van der Waals surface area contributed by atoms with E-state index in [-0.39, 0.29) is 0 Å². The fourth-order valence-corrected chi connectivity index (χ4v) is 2.55. The second kappa shape index (κ2) is 5.60. The van der Waals surface area contributed by atoms with Crippen LogP contribution in [0.4, 0.5) is 5.69 Å². The van der Waals surface area contributed by atoms with Crippen molar-refractivity contribution >= 4 is 28.6 Å². The molecule has 2 rings (SSSR count). The van der Waals surface area contributed by atoms with Crippen molar-refractivity contribution in [2.75, 3.05) is 5.32 Å². The Morgan fingerprint density at radius 2 is 2.26 bits per heavy atom. The summed E-state index contributed by atoms with van der Waals surface area (Å²) < 4.78 is 0.552. The smallest absolute Gasteiger partial charge is 0.183 e. The Morgan fingerprint density at radius 3 is 2.89 bits per heavy atom. The number of nitrogens with one attached hydrogen (secondary N) is 1. The first-order chi connectivity index (χ1) is 9.01. The van der Waals surface area contributed by atoms with Crippen LogP contribution in [0, 0.1) is 11.3 Å². The van der Waals surface area contributed by atoms with Crippen LogP contribution in [-0.2, 0) is 12.0 Å². The van der Waals surface area contributed by atoms with Gasteiger partial charge in [0.25, 0.3) is 0 Å². The summed E-state index contributed by atoms with van der Waals surface area (Å²) in [5.74, 6) is 0. The molecule has 1 aromatic heterocycles. The zero-order valence-electron chi connectivity index (χ0n) is 10.8. The number of hydrogen-bond donors (Lipinski definition) is 1. The van der Waals surface area contributed by atoms with Crippen molar-refractivity contribution < 1.29 is 0 Å². The van der Waals surface area contributed by atoms with Gasteiger partial charge in [0.05, 0.1) is 18.0 Å². The van der Waals surface area contributed by atoms with Crippen LogP contribution in [0.25, 0.3) is 0 Å². The van der Waals surface area contributed by atoms with E-state index in [1.807, 2.05) is 38.1 Å². The van der Waals surface area contributed by atoms with E-state index in [0.29, 0.717) is 11.0 Å². The van der Waals surface area contributed by atoms with Gasteiger partial charge in [0.2, 0.25) is 0 Å². The molecule has 5 heteroatoms. The Labute approximate surface area is 121 Å². The van der Waals surface area contributed by atoms with Crippen LogP contribution in [0.15, 0.2) is 30.5 Å². The van der Waals surface area contributed by atoms with E-state index in [1.54, 1.807) is 6.20 Å². The highest BCUT2D eigenvalue weighted by molar-refractivity contribution is 7.15. The molecule has 0 aliphatic heterocycles. The normalized spacial score (nSPS) is 11.1. The van der Waals surface area contributed by atoms with E-state index >= 15 is 0 Å². The van der Waals surface area contributed by atoms with Gasteiger partial charge in [-0.1, -0.05) is 23.7 Å². The molecule has 19 heavy (non-hydrogen) atoms. The Kier molecular flexibility index (Phi) is 4.08. The highest BCUT2D eigenvalue weighted by atomic mass is 35.5. The van der Waals surface area contributed by atoms with Crippen LogP contribution in [-0.4, -0.2) is 4.98 Å². The van der Waals surface area contributed by atoms with Crippen molar-refractivity contribution in [1.29, 1.82) is 5.26 Å². The number of thiazole rings is 1. The lowest BCUT2D eigenvalue weighted by molar-refractivity contribution is 0.687. The quantitative estimate of drug-likeness (QED) is 0.918. The Balaban J connectivity index is 2.10. The predicted octanol–water partition coefficient (Wildman–Crippen LogP) is 4.21. The summed E-state index contributed by atoms with van der Waals surface area (Å²) in [6.07, 6.45) is 1.77. The Hall–Kier alpha value is -1.57. The number of hydrogen-bond acceptors (Lipinski definition) is 4. The molecule has 0 fully saturated rings. The molecular weight excluding hydrogens is 278 g/mol. The zero-order valence-corrected chi connectivity index (χ0v) is 12.3. The van der Waals surface area contributed by atoms with Crippen molar-refractivity contribution in [3.05, 3.63) is 45.4 Å². The molecule has 3 nitrogen and oxygen atoms in total. The lowest BCUT2D eigenvalue weighted by Crippen LogP contribution is -2.14. The summed E-state index contributed by atoms with van der Waals surface area (Å²) in [5.41, 5.74) is 1.51. The van der Waals surface area contributed by atoms with Crippen molar-refractivity contribution in [2.45, 2.75) is 25.8 Å². The molecule has 1 N–H and O–H groups in total. The van der Waals surface area contributed by atoms with Gasteiger partial charge in [0.15, 0.2) is 4.47 Å². The summed E-state index contributed by atoms with van der Waals surface area (Å²) in [7, 11) is 0. The molecular formula is C14H14ClN3S. The van der Waals surface area contributed by atoms with Crippen LogP contribution < -0.4 is 5.32 Å². The number of rotatable bonds is 4. The first-order valence-corrected chi connectivity index (χ1v) is 7.06. The summed E-state index contributed by atoms with van der Waals surface area (Å²) in [5, 5.41) is 12.5. The lowest BCUT2D eigenvalue weighted by Gasteiger charge is -2.17. The number of halogens is 1. The number of nitrogens with zero attached hydrogens (tertiary/aromatic N) is 2. The van der Waals surface area contributed by atoms with Gasteiger partial charge >= 0.3 is 0 Å². The van der Waals surface area contributed by atoms with Crippen LogP contribution in [0.3, 0.4) is 0 Å². The molecule has 0 aliphatic rings. The molecule has 0 amide bonds. The first-order valence-electron chi connectivity index (χ1n) is 5.87. The van der Waals surface area contributed by atoms with Crippen LogP contribution in [0.2, 0.25) is 4.47 Å². The maximum Gasteiger partial charge on any atom is 0.183 e. The second-order valence-corrected chi connectivity index (χ2v) is 6.45. The SMILES string of the molecule is CC(C)(C#N)c1cccc(NCc2cnc(Cl)s2)c1. The molecule has 98 valence electrons. The number of benzene rings is 1. The monoisotopic (exact) mass is 291 g/mol. The molecule has 1 heterocycles. The number of nitriles is 1. The van der Waals surface area contributed by atoms with Gasteiger partial charge in [-0.3, -0.25) is 0 Å². The summed E-state index contributed by atoms with van der Waals surface area (Å²) in [6.45, 7) is 4.50. The molecule has 0 spiro atoms. The summed E-state index contributed by atoms with van der Waals surface area (Å²) in [4.78, 5) is 5.08. The fourth-order valence-electron chi connectivity index (χ4n) is 1.64. The molecule has 0 saturated carbocycles. The number of aromatic nitrogens is 1. The van der Waals surface area contributed by atoms with E-state index in [1.165, 1.54) is 11.3 Å². The van der Waals surface area contributed by atoms with Gasteiger partial charge in [-0.05, 0) is 31.5 Å². The van der Waals surface area contributed by atoms with Crippen LogP contribution >= 0.6 is 22.9 Å². The molecule has 0 radical (unpaired) electrons. The molecule has 1 aromatic carbocycles.